The van der Waals surface area contributed by atoms with E-state index in [4.69, 9.17) is 0 Å². The number of aliphatic hydroxyl groups excluding tert-OH is 1. The molecule has 0 saturated carbocycles. The van der Waals surface area contributed by atoms with Crippen LogP contribution in [0.15, 0.2) is 61.1 Å². The number of aromatic nitrogens is 5. The van der Waals surface area contributed by atoms with Gasteiger partial charge in [0.25, 0.3) is 0 Å². The Morgan fingerprint density at radius 2 is 1.74 bits per heavy atom. The zero-order valence-electron chi connectivity index (χ0n) is 17.5. The summed E-state index contributed by atoms with van der Waals surface area (Å²) in [5.74, 6) is 0.318. The highest BCUT2D eigenvalue weighted by atomic mass is 19.1. The summed E-state index contributed by atoms with van der Waals surface area (Å²) in [6, 6.07) is 13.7. The number of pyridine rings is 1. The average molecular weight is 418 g/mol. The van der Waals surface area contributed by atoms with Crippen LogP contribution in [0, 0.1) is 12.7 Å². The molecule has 2 N–H and O–H groups in total. The summed E-state index contributed by atoms with van der Waals surface area (Å²) in [5.41, 5.74) is 3.84. The number of anilines is 1. The molecular formula is C23H23FN6O. The monoisotopic (exact) mass is 418 g/mol. The normalized spacial score (nSPS) is 11.5. The second-order valence-corrected chi connectivity index (χ2v) is 7.80. The van der Waals surface area contributed by atoms with Crippen LogP contribution in [0.25, 0.3) is 17.1 Å². The second kappa shape index (κ2) is 8.23. The largest absolute Gasteiger partial charge is 0.390 e. The smallest absolute Gasteiger partial charge is 0.149 e. The van der Waals surface area contributed by atoms with Crippen molar-refractivity contribution in [3.05, 3.63) is 83.8 Å². The van der Waals surface area contributed by atoms with Gasteiger partial charge >= 0.3 is 0 Å². The number of hydrogen-bond acceptors (Lipinski definition) is 6. The van der Waals surface area contributed by atoms with E-state index < -0.39 is 5.54 Å². The van der Waals surface area contributed by atoms with E-state index in [9.17, 15) is 9.50 Å². The standard InChI is InChI=1S/C23H23FN6O/c1-15-12-30(14-25-15)21-10-8-18(26-20(21)13-31)19-9-11-22(29-28-19)27-23(2,3)16-4-6-17(24)7-5-16/h4-12,14,31H,13H2,1-3H3,(H,27,29). The molecule has 4 aromatic rings. The predicted molar refractivity (Wildman–Crippen MR) is 116 cm³/mol. The molecule has 0 unspecified atom stereocenters. The summed E-state index contributed by atoms with van der Waals surface area (Å²) in [7, 11) is 0. The molecule has 0 amide bonds. The molecule has 0 fully saturated rings. The van der Waals surface area contributed by atoms with Gasteiger partial charge in [-0.25, -0.2) is 14.4 Å². The molecule has 7 nitrogen and oxygen atoms in total. The van der Waals surface area contributed by atoms with Gasteiger partial charge in [0, 0.05) is 6.20 Å². The molecule has 0 spiro atoms. The Labute approximate surface area is 179 Å². The molecule has 4 rings (SSSR count). The molecule has 0 bridgehead atoms. The number of aryl methyl sites for hydroxylation is 1. The van der Waals surface area contributed by atoms with Gasteiger partial charge in [0.05, 0.1) is 41.2 Å². The average Bonchev–Trinajstić information content (AvgIpc) is 3.20. The lowest BCUT2D eigenvalue weighted by molar-refractivity contribution is 0.276. The Kier molecular flexibility index (Phi) is 5.48. The first kappa shape index (κ1) is 20.6. The van der Waals surface area contributed by atoms with Crippen molar-refractivity contribution in [2.45, 2.75) is 32.9 Å². The van der Waals surface area contributed by atoms with Crippen LogP contribution in [-0.4, -0.2) is 29.8 Å². The van der Waals surface area contributed by atoms with E-state index in [1.807, 2.05) is 55.8 Å². The van der Waals surface area contributed by atoms with E-state index in [1.54, 1.807) is 18.5 Å². The summed E-state index contributed by atoms with van der Waals surface area (Å²) in [4.78, 5) is 8.77. The van der Waals surface area contributed by atoms with Crippen LogP contribution in [0.2, 0.25) is 0 Å². The van der Waals surface area contributed by atoms with Gasteiger partial charge < -0.3 is 15.0 Å². The maximum atomic E-state index is 13.2. The zero-order valence-corrected chi connectivity index (χ0v) is 17.5. The first-order valence-corrected chi connectivity index (χ1v) is 9.86. The zero-order chi connectivity index (χ0) is 22.0. The molecular weight excluding hydrogens is 395 g/mol. The van der Waals surface area contributed by atoms with Gasteiger partial charge in [-0.05, 0) is 62.7 Å². The van der Waals surface area contributed by atoms with E-state index in [2.05, 4.69) is 25.5 Å². The number of benzene rings is 1. The van der Waals surface area contributed by atoms with Crippen LogP contribution in [0.5, 0.6) is 0 Å². The number of nitrogens with zero attached hydrogens (tertiary/aromatic N) is 5. The molecule has 0 aliphatic heterocycles. The van der Waals surface area contributed by atoms with E-state index >= 15 is 0 Å². The van der Waals surface area contributed by atoms with Gasteiger partial charge in [-0.1, -0.05) is 12.1 Å². The van der Waals surface area contributed by atoms with Gasteiger partial charge in [0.1, 0.15) is 17.3 Å². The number of aliphatic hydroxyl groups is 1. The number of hydrogen-bond donors (Lipinski definition) is 2. The molecule has 158 valence electrons. The van der Waals surface area contributed by atoms with Gasteiger partial charge in [0.15, 0.2) is 0 Å². The summed E-state index contributed by atoms with van der Waals surface area (Å²) < 4.78 is 15.0. The van der Waals surface area contributed by atoms with Crippen LogP contribution >= 0.6 is 0 Å². The first-order chi connectivity index (χ1) is 14.9. The highest BCUT2D eigenvalue weighted by molar-refractivity contribution is 5.58. The first-order valence-electron chi connectivity index (χ1n) is 9.86. The number of rotatable bonds is 6. The molecule has 8 heteroatoms. The topological polar surface area (TPSA) is 88.8 Å². The van der Waals surface area contributed by atoms with E-state index in [1.165, 1.54) is 12.1 Å². The molecule has 31 heavy (non-hydrogen) atoms. The third kappa shape index (κ3) is 4.44. The molecule has 0 aliphatic rings. The van der Waals surface area contributed by atoms with Crippen LogP contribution in [-0.2, 0) is 12.1 Å². The predicted octanol–water partition coefficient (Wildman–Crippen LogP) is 4.01. The van der Waals surface area contributed by atoms with Gasteiger partial charge in [-0.3, -0.25) is 0 Å². The quantitative estimate of drug-likeness (QED) is 0.492. The molecule has 3 heterocycles. The lowest BCUT2D eigenvalue weighted by Crippen LogP contribution is -2.28. The third-order valence-electron chi connectivity index (χ3n) is 5.02. The van der Waals surface area contributed by atoms with Crippen LogP contribution in [0.3, 0.4) is 0 Å². The minimum atomic E-state index is -0.462. The van der Waals surface area contributed by atoms with Crippen molar-refractivity contribution < 1.29 is 9.50 Å². The van der Waals surface area contributed by atoms with Crippen LogP contribution in [0.1, 0.15) is 30.8 Å². The van der Waals surface area contributed by atoms with Crippen molar-refractivity contribution >= 4 is 5.82 Å². The SMILES string of the molecule is Cc1cn(-c2ccc(-c3ccc(NC(C)(C)c4ccc(F)cc4)nn3)nc2CO)cn1. The van der Waals surface area contributed by atoms with Gasteiger partial charge in [-0.15, -0.1) is 10.2 Å². The highest BCUT2D eigenvalue weighted by Crippen LogP contribution is 2.26. The summed E-state index contributed by atoms with van der Waals surface area (Å²) in [6.45, 7) is 5.67. The highest BCUT2D eigenvalue weighted by Gasteiger charge is 2.21. The molecule has 0 aliphatic carbocycles. The van der Waals surface area contributed by atoms with E-state index in [-0.39, 0.29) is 12.4 Å². The summed E-state index contributed by atoms with van der Waals surface area (Å²) in [6.07, 6.45) is 3.56. The van der Waals surface area contributed by atoms with Gasteiger partial charge in [-0.2, -0.15) is 0 Å². The minimum Gasteiger partial charge on any atom is -0.390 e. The van der Waals surface area contributed by atoms with Crippen molar-refractivity contribution in [2.24, 2.45) is 0 Å². The van der Waals surface area contributed by atoms with Crippen LogP contribution in [0.4, 0.5) is 10.2 Å². The van der Waals surface area contributed by atoms with E-state index in [0.717, 1.165) is 16.9 Å². The van der Waals surface area contributed by atoms with Crippen LogP contribution < -0.4 is 5.32 Å². The lowest BCUT2D eigenvalue weighted by atomic mass is 9.94. The summed E-state index contributed by atoms with van der Waals surface area (Å²) >= 11 is 0. The fraction of sp³-hybridized carbons (Fsp3) is 0.217. The van der Waals surface area contributed by atoms with Crippen molar-refractivity contribution in [1.29, 1.82) is 0 Å². The Morgan fingerprint density at radius 1 is 1.00 bits per heavy atom. The maximum absolute atomic E-state index is 13.2. The molecule has 0 atom stereocenters. The van der Waals surface area contributed by atoms with Crippen molar-refractivity contribution in [2.75, 3.05) is 5.32 Å². The van der Waals surface area contributed by atoms with Gasteiger partial charge in [0.2, 0.25) is 0 Å². The van der Waals surface area contributed by atoms with Crippen molar-refractivity contribution in [1.82, 2.24) is 24.7 Å². The Morgan fingerprint density at radius 3 is 2.35 bits per heavy atom. The molecule has 1 aromatic carbocycles. The number of nitrogens with one attached hydrogen (secondary N) is 1. The minimum absolute atomic E-state index is 0.209. The molecule has 0 saturated heterocycles. The van der Waals surface area contributed by atoms with E-state index in [0.29, 0.717) is 22.9 Å². The van der Waals surface area contributed by atoms with Crippen molar-refractivity contribution in [3.63, 3.8) is 0 Å². The fourth-order valence-corrected chi connectivity index (χ4v) is 3.34. The third-order valence-corrected chi connectivity index (χ3v) is 5.02. The fourth-order valence-electron chi connectivity index (χ4n) is 3.34. The maximum Gasteiger partial charge on any atom is 0.149 e. The number of imidazole rings is 1. The molecule has 3 aromatic heterocycles. The van der Waals surface area contributed by atoms with Crippen molar-refractivity contribution in [3.8, 4) is 17.1 Å². The summed E-state index contributed by atoms with van der Waals surface area (Å²) in [5, 5.41) is 21.7. The number of halogens is 1. The lowest BCUT2D eigenvalue weighted by Gasteiger charge is -2.27. The Balaban J connectivity index is 1.56. The Hall–Kier alpha value is -3.65. The second-order valence-electron chi connectivity index (χ2n) is 7.80. The molecule has 0 radical (unpaired) electrons. The Bertz CT molecular complexity index is 1190.